The summed E-state index contributed by atoms with van der Waals surface area (Å²) < 4.78 is 10.6. The normalized spacial score (nSPS) is 19.8. The first-order valence-electron chi connectivity index (χ1n) is 6.44. The second kappa shape index (κ2) is 6.77. The van der Waals surface area contributed by atoms with E-state index in [1.54, 1.807) is 0 Å². The van der Waals surface area contributed by atoms with Gasteiger partial charge in [0.25, 0.3) is 0 Å². The molecular formula is C14H23NO3. The summed E-state index contributed by atoms with van der Waals surface area (Å²) in [6.45, 7) is 11.4. The molecule has 1 heterocycles. The first kappa shape index (κ1) is 15.0. The molecule has 0 bridgehead atoms. The molecule has 0 amide bonds. The number of hydrogen-bond acceptors (Lipinski definition) is 4. The zero-order chi connectivity index (χ0) is 13.6. The Morgan fingerprint density at radius 2 is 2.06 bits per heavy atom. The van der Waals surface area contributed by atoms with Crippen molar-refractivity contribution in [2.45, 2.75) is 33.3 Å². The maximum absolute atomic E-state index is 11.1. The number of carbonyl (C=O) groups is 1. The van der Waals surface area contributed by atoms with E-state index in [-0.39, 0.29) is 11.9 Å². The van der Waals surface area contributed by atoms with Crippen LogP contribution in [0.1, 0.15) is 27.7 Å². The van der Waals surface area contributed by atoms with E-state index in [1.165, 1.54) is 6.92 Å². The Morgan fingerprint density at radius 1 is 1.44 bits per heavy atom. The molecule has 0 saturated carbocycles. The SMILES string of the molecule is CC(=O)O[C@](C)(C#CCN1CCOCC1)C(C)C. The van der Waals surface area contributed by atoms with E-state index in [4.69, 9.17) is 9.47 Å². The van der Waals surface area contributed by atoms with Crippen LogP contribution in [0.3, 0.4) is 0 Å². The third-order valence-electron chi connectivity index (χ3n) is 3.20. The fourth-order valence-corrected chi connectivity index (χ4v) is 1.67. The van der Waals surface area contributed by atoms with Gasteiger partial charge in [0.05, 0.1) is 19.8 Å². The Hall–Kier alpha value is -1.05. The first-order chi connectivity index (χ1) is 8.44. The van der Waals surface area contributed by atoms with Crippen LogP contribution in [0.4, 0.5) is 0 Å². The molecule has 0 radical (unpaired) electrons. The summed E-state index contributed by atoms with van der Waals surface area (Å²) in [5.74, 6) is 6.10. The number of rotatable bonds is 3. The minimum absolute atomic E-state index is 0.165. The van der Waals surface area contributed by atoms with E-state index in [1.807, 2.05) is 20.8 Å². The van der Waals surface area contributed by atoms with Crippen LogP contribution in [0.2, 0.25) is 0 Å². The van der Waals surface area contributed by atoms with Crippen LogP contribution in [0.25, 0.3) is 0 Å². The van der Waals surface area contributed by atoms with Crippen molar-refractivity contribution >= 4 is 5.97 Å². The lowest BCUT2D eigenvalue weighted by Gasteiger charge is -2.28. The summed E-state index contributed by atoms with van der Waals surface area (Å²) in [7, 11) is 0. The van der Waals surface area contributed by atoms with Crippen molar-refractivity contribution < 1.29 is 14.3 Å². The molecule has 0 aromatic rings. The molecular weight excluding hydrogens is 230 g/mol. The largest absolute Gasteiger partial charge is 0.446 e. The highest BCUT2D eigenvalue weighted by molar-refractivity contribution is 5.67. The van der Waals surface area contributed by atoms with Gasteiger partial charge in [-0.3, -0.25) is 9.69 Å². The van der Waals surface area contributed by atoms with Gasteiger partial charge in [-0.2, -0.15) is 0 Å². The fraction of sp³-hybridized carbons (Fsp3) is 0.786. The summed E-state index contributed by atoms with van der Waals surface area (Å²) in [4.78, 5) is 13.4. The Kier molecular flexibility index (Phi) is 5.64. The average molecular weight is 253 g/mol. The van der Waals surface area contributed by atoms with Crippen LogP contribution in [0.5, 0.6) is 0 Å². The lowest BCUT2D eigenvalue weighted by molar-refractivity contribution is -0.153. The van der Waals surface area contributed by atoms with Gasteiger partial charge in [-0.05, 0) is 6.92 Å². The molecule has 0 unspecified atom stereocenters. The molecule has 18 heavy (non-hydrogen) atoms. The maximum Gasteiger partial charge on any atom is 0.304 e. The lowest BCUT2D eigenvalue weighted by atomic mass is 9.93. The van der Waals surface area contributed by atoms with E-state index in [0.29, 0.717) is 6.54 Å². The number of nitrogens with zero attached hydrogens (tertiary/aromatic N) is 1. The van der Waals surface area contributed by atoms with E-state index in [2.05, 4.69) is 16.7 Å². The van der Waals surface area contributed by atoms with E-state index in [0.717, 1.165) is 26.3 Å². The van der Waals surface area contributed by atoms with Gasteiger partial charge < -0.3 is 9.47 Å². The molecule has 4 nitrogen and oxygen atoms in total. The van der Waals surface area contributed by atoms with Crippen LogP contribution in [-0.2, 0) is 14.3 Å². The Bertz CT molecular complexity index is 337. The second-order valence-corrected chi connectivity index (χ2v) is 5.05. The van der Waals surface area contributed by atoms with Gasteiger partial charge in [-0.25, -0.2) is 0 Å². The molecule has 1 aliphatic rings. The molecule has 1 atom stereocenters. The number of morpholine rings is 1. The summed E-state index contributed by atoms with van der Waals surface area (Å²) in [5, 5.41) is 0. The van der Waals surface area contributed by atoms with Crippen LogP contribution >= 0.6 is 0 Å². The zero-order valence-electron chi connectivity index (χ0n) is 11.8. The molecule has 0 aromatic carbocycles. The zero-order valence-corrected chi connectivity index (χ0v) is 11.8. The highest BCUT2D eigenvalue weighted by Gasteiger charge is 2.29. The van der Waals surface area contributed by atoms with Gasteiger partial charge in [-0.1, -0.05) is 25.7 Å². The van der Waals surface area contributed by atoms with E-state index in [9.17, 15) is 4.79 Å². The van der Waals surface area contributed by atoms with Gasteiger partial charge in [0, 0.05) is 25.9 Å². The Labute approximate surface area is 110 Å². The molecule has 0 aromatic heterocycles. The number of carbonyl (C=O) groups excluding carboxylic acids is 1. The van der Waals surface area contributed by atoms with Crippen molar-refractivity contribution in [3.8, 4) is 11.8 Å². The molecule has 1 rings (SSSR count). The van der Waals surface area contributed by atoms with Crippen molar-refractivity contribution in [2.24, 2.45) is 5.92 Å². The average Bonchev–Trinajstić information content (AvgIpc) is 2.29. The van der Waals surface area contributed by atoms with Crippen LogP contribution in [-0.4, -0.2) is 49.3 Å². The van der Waals surface area contributed by atoms with Gasteiger partial charge in [0.2, 0.25) is 0 Å². The topological polar surface area (TPSA) is 38.8 Å². The van der Waals surface area contributed by atoms with E-state index >= 15 is 0 Å². The summed E-state index contributed by atoms with van der Waals surface area (Å²) in [6, 6.07) is 0. The summed E-state index contributed by atoms with van der Waals surface area (Å²) in [6.07, 6.45) is 0. The molecule has 1 saturated heterocycles. The number of hydrogen-bond donors (Lipinski definition) is 0. The van der Waals surface area contributed by atoms with Gasteiger partial charge in [0.15, 0.2) is 5.60 Å². The predicted molar refractivity (Wildman–Crippen MR) is 70.0 cm³/mol. The van der Waals surface area contributed by atoms with Crippen molar-refractivity contribution in [2.75, 3.05) is 32.8 Å². The highest BCUT2D eigenvalue weighted by atomic mass is 16.6. The molecule has 0 spiro atoms. The van der Waals surface area contributed by atoms with Crippen molar-refractivity contribution in [3.05, 3.63) is 0 Å². The Morgan fingerprint density at radius 3 is 2.56 bits per heavy atom. The minimum Gasteiger partial charge on any atom is -0.446 e. The van der Waals surface area contributed by atoms with E-state index < -0.39 is 5.60 Å². The predicted octanol–water partition coefficient (Wildman–Crippen LogP) is 1.30. The summed E-state index contributed by atoms with van der Waals surface area (Å²) >= 11 is 0. The number of esters is 1. The second-order valence-electron chi connectivity index (χ2n) is 5.05. The molecule has 4 heteroatoms. The van der Waals surface area contributed by atoms with Crippen LogP contribution in [0.15, 0.2) is 0 Å². The van der Waals surface area contributed by atoms with Crippen molar-refractivity contribution in [1.29, 1.82) is 0 Å². The van der Waals surface area contributed by atoms with Crippen molar-refractivity contribution in [3.63, 3.8) is 0 Å². The molecule has 0 N–H and O–H groups in total. The first-order valence-corrected chi connectivity index (χ1v) is 6.44. The highest BCUT2D eigenvalue weighted by Crippen LogP contribution is 2.20. The standard InChI is InChI=1S/C14H23NO3/c1-12(2)14(4,18-13(3)16)6-5-7-15-8-10-17-11-9-15/h12H,7-11H2,1-4H3/t14-/m1/s1. The summed E-state index contributed by atoms with van der Waals surface area (Å²) in [5.41, 5.74) is -0.696. The minimum atomic E-state index is -0.696. The molecule has 1 fully saturated rings. The lowest BCUT2D eigenvalue weighted by Crippen LogP contribution is -2.37. The van der Waals surface area contributed by atoms with Gasteiger partial charge in [0.1, 0.15) is 0 Å². The molecule has 0 aliphatic carbocycles. The van der Waals surface area contributed by atoms with Crippen molar-refractivity contribution in [1.82, 2.24) is 4.90 Å². The fourth-order valence-electron chi connectivity index (χ4n) is 1.67. The quantitative estimate of drug-likeness (QED) is 0.561. The van der Waals surface area contributed by atoms with Gasteiger partial charge >= 0.3 is 5.97 Å². The third kappa shape index (κ3) is 4.67. The number of ether oxygens (including phenoxy) is 2. The monoisotopic (exact) mass is 253 g/mol. The van der Waals surface area contributed by atoms with Crippen LogP contribution < -0.4 is 0 Å². The van der Waals surface area contributed by atoms with Gasteiger partial charge in [-0.15, -0.1) is 0 Å². The Balaban J connectivity index is 2.57. The maximum atomic E-state index is 11.1. The molecule has 102 valence electrons. The molecule has 1 aliphatic heterocycles. The smallest absolute Gasteiger partial charge is 0.304 e. The van der Waals surface area contributed by atoms with Crippen LogP contribution in [0, 0.1) is 17.8 Å². The third-order valence-corrected chi connectivity index (χ3v) is 3.20.